The molecule has 1 aliphatic heterocycles. The summed E-state index contributed by atoms with van der Waals surface area (Å²) in [4.78, 5) is 13.3. The van der Waals surface area contributed by atoms with E-state index >= 15 is 0 Å². The molecule has 110 valence electrons. The molecule has 5 heteroatoms. The lowest BCUT2D eigenvalue weighted by Gasteiger charge is -2.22. The molecular weight excluding hydrogens is 256 g/mol. The van der Waals surface area contributed by atoms with Gasteiger partial charge in [0.25, 0.3) is 0 Å². The van der Waals surface area contributed by atoms with E-state index in [2.05, 4.69) is 10.2 Å². The van der Waals surface area contributed by atoms with Gasteiger partial charge in [-0.2, -0.15) is 0 Å². The van der Waals surface area contributed by atoms with Crippen molar-refractivity contribution in [2.24, 2.45) is 0 Å². The average molecular weight is 278 g/mol. The number of rotatable bonds is 5. The summed E-state index contributed by atoms with van der Waals surface area (Å²) in [6.07, 6.45) is -0.0606. The van der Waals surface area contributed by atoms with Crippen molar-refractivity contribution in [3.8, 4) is 5.75 Å². The molecule has 0 spiro atoms. The predicted molar refractivity (Wildman–Crippen MR) is 76.7 cm³/mol. The molecule has 2 N–H and O–H groups in total. The summed E-state index contributed by atoms with van der Waals surface area (Å²) in [5.41, 5.74) is 1.13. The Hall–Kier alpha value is -1.59. The fourth-order valence-corrected chi connectivity index (χ4v) is 2.24. The van der Waals surface area contributed by atoms with Crippen LogP contribution in [0.25, 0.3) is 0 Å². The summed E-state index contributed by atoms with van der Waals surface area (Å²) in [6, 6.07) is 7.77. The van der Waals surface area contributed by atoms with Crippen molar-refractivity contribution in [2.75, 3.05) is 32.8 Å². The second-order valence-corrected chi connectivity index (χ2v) is 5.18. The van der Waals surface area contributed by atoms with Gasteiger partial charge in [-0.15, -0.1) is 0 Å². The molecule has 1 fully saturated rings. The molecule has 1 amide bonds. The number of aryl methyl sites for hydroxylation is 1. The minimum atomic E-state index is -0.552. The highest BCUT2D eigenvalue weighted by atomic mass is 16.5. The number of ether oxygens (including phenoxy) is 1. The van der Waals surface area contributed by atoms with Crippen molar-refractivity contribution in [3.05, 3.63) is 29.8 Å². The standard InChI is InChI=1S/C15H22N2O3/c1-12-3-2-4-14(9-12)20-11-13(18)10-17-7-5-15(19)16-6-8-17/h2-4,9,13,18H,5-8,10-11H2,1H3,(H,16,19). The Kier molecular flexibility index (Phi) is 5.38. The Morgan fingerprint density at radius 1 is 1.45 bits per heavy atom. The molecule has 1 saturated heterocycles. The molecule has 1 unspecified atom stereocenters. The first kappa shape index (κ1) is 14.8. The van der Waals surface area contributed by atoms with E-state index in [4.69, 9.17) is 4.74 Å². The monoisotopic (exact) mass is 278 g/mol. The first-order valence-corrected chi connectivity index (χ1v) is 7.00. The highest BCUT2D eigenvalue weighted by Gasteiger charge is 2.16. The molecule has 1 aromatic rings. The predicted octanol–water partition coefficient (Wildman–Crippen LogP) is 0.557. The zero-order chi connectivity index (χ0) is 14.4. The third-order valence-electron chi connectivity index (χ3n) is 3.31. The largest absolute Gasteiger partial charge is 0.491 e. The summed E-state index contributed by atoms with van der Waals surface area (Å²) in [5, 5.41) is 12.8. The van der Waals surface area contributed by atoms with Gasteiger partial charge in [0.1, 0.15) is 18.5 Å². The lowest BCUT2D eigenvalue weighted by molar-refractivity contribution is -0.120. The van der Waals surface area contributed by atoms with Crippen molar-refractivity contribution in [1.29, 1.82) is 0 Å². The molecule has 5 nitrogen and oxygen atoms in total. The van der Waals surface area contributed by atoms with Gasteiger partial charge in [-0.25, -0.2) is 0 Å². The molecule has 2 rings (SSSR count). The number of carbonyl (C=O) groups excluding carboxylic acids is 1. The third kappa shape index (κ3) is 4.83. The molecule has 1 aliphatic rings. The van der Waals surface area contributed by atoms with Crippen LogP contribution in [-0.4, -0.2) is 54.8 Å². The van der Waals surface area contributed by atoms with E-state index in [1.807, 2.05) is 31.2 Å². The van der Waals surface area contributed by atoms with Gasteiger partial charge >= 0.3 is 0 Å². The van der Waals surface area contributed by atoms with Gasteiger partial charge in [-0.05, 0) is 24.6 Å². The van der Waals surface area contributed by atoms with Crippen molar-refractivity contribution < 1.29 is 14.6 Å². The third-order valence-corrected chi connectivity index (χ3v) is 3.31. The minimum absolute atomic E-state index is 0.0815. The number of carbonyl (C=O) groups is 1. The van der Waals surface area contributed by atoms with Crippen LogP contribution >= 0.6 is 0 Å². The van der Waals surface area contributed by atoms with E-state index < -0.39 is 6.10 Å². The highest BCUT2D eigenvalue weighted by Crippen LogP contribution is 2.12. The van der Waals surface area contributed by atoms with Crippen LogP contribution in [0, 0.1) is 6.92 Å². The second-order valence-electron chi connectivity index (χ2n) is 5.18. The summed E-state index contributed by atoms with van der Waals surface area (Å²) < 4.78 is 5.58. The zero-order valence-corrected chi connectivity index (χ0v) is 11.8. The maximum absolute atomic E-state index is 11.2. The SMILES string of the molecule is Cc1cccc(OCC(O)CN2CCNC(=O)CC2)c1. The topological polar surface area (TPSA) is 61.8 Å². The van der Waals surface area contributed by atoms with Crippen LogP contribution in [0.2, 0.25) is 0 Å². The number of hydrogen-bond acceptors (Lipinski definition) is 4. The van der Waals surface area contributed by atoms with Crippen molar-refractivity contribution in [2.45, 2.75) is 19.4 Å². The Morgan fingerprint density at radius 2 is 2.30 bits per heavy atom. The van der Waals surface area contributed by atoms with E-state index in [0.29, 0.717) is 26.1 Å². The van der Waals surface area contributed by atoms with E-state index in [1.165, 1.54) is 0 Å². The van der Waals surface area contributed by atoms with Gasteiger partial charge < -0.3 is 15.2 Å². The van der Waals surface area contributed by atoms with Gasteiger partial charge in [0, 0.05) is 32.6 Å². The van der Waals surface area contributed by atoms with Crippen molar-refractivity contribution >= 4 is 5.91 Å². The van der Waals surface area contributed by atoms with E-state index in [0.717, 1.165) is 17.9 Å². The number of aliphatic hydroxyl groups is 1. The quantitative estimate of drug-likeness (QED) is 0.826. The number of β-amino-alcohol motifs (C(OH)–C–C–N with tert-alkyl or cyclic N) is 1. The minimum Gasteiger partial charge on any atom is -0.491 e. The first-order valence-electron chi connectivity index (χ1n) is 7.00. The molecular formula is C15H22N2O3. The highest BCUT2D eigenvalue weighted by molar-refractivity contribution is 5.76. The molecule has 0 radical (unpaired) electrons. The number of amides is 1. The number of nitrogens with one attached hydrogen (secondary N) is 1. The zero-order valence-electron chi connectivity index (χ0n) is 11.8. The lowest BCUT2D eigenvalue weighted by atomic mass is 10.2. The molecule has 0 saturated carbocycles. The van der Waals surface area contributed by atoms with E-state index in [-0.39, 0.29) is 12.5 Å². The van der Waals surface area contributed by atoms with Crippen molar-refractivity contribution in [3.63, 3.8) is 0 Å². The van der Waals surface area contributed by atoms with Crippen LogP contribution in [0.4, 0.5) is 0 Å². The number of hydrogen-bond donors (Lipinski definition) is 2. The summed E-state index contributed by atoms with van der Waals surface area (Å²) in [6.45, 7) is 4.90. The second kappa shape index (κ2) is 7.26. The van der Waals surface area contributed by atoms with Crippen LogP contribution in [-0.2, 0) is 4.79 Å². The van der Waals surface area contributed by atoms with Crippen LogP contribution < -0.4 is 10.1 Å². The first-order chi connectivity index (χ1) is 9.63. The fourth-order valence-electron chi connectivity index (χ4n) is 2.24. The number of nitrogens with zero attached hydrogens (tertiary/aromatic N) is 1. The summed E-state index contributed by atoms with van der Waals surface area (Å²) in [7, 11) is 0. The Bertz CT molecular complexity index is 450. The molecule has 0 bridgehead atoms. The van der Waals surface area contributed by atoms with Gasteiger partial charge in [-0.1, -0.05) is 12.1 Å². The van der Waals surface area contributed by atoms with E-state index in [1.54, 1.807) is 0 Å². The lowest BCUT2D eigenvalue weighted by Crippen LogP contribution is -2.37. The van der Waals surface area contributed by atoms with Gasteiger partial charge in [0.05, 0.1) is 0 Å². The number of aliphatic hydroxyl groups excluding tert-OH is 1. The summed E-state index contributed by atoms with van der Waals surface area (Å²) >= 11 is 0. The normalized spacial score (nSPS) is 18.2. The molecule has 0 aliphatic carbocycles. The molecule has 1 heterocycles. The smallest absolute Gasteiger partial charge is 0.221 e. The molecule has 1 atom stereocenters. The Balaban J connectivity index is 1.74. The Labute approximate surface area is 119 Å². The van der Waals surface area contributed by atoms with Crippen LogP contribution in [0.5, 0.6) is 5.75 Å². The average Bonchev–Trinajstić information content (AvgIpc) is 2.62. The molecule has 20 heavy (non-hydrogen) atoms. The molecule has 0 aromatic heterocycles. The maximum Gasteiger partial charge on any atom is 0.221 e. The molecule has 1 aromatic carbocycles. The van der Waals surface area contributed by atoms with Gasteiger partial charge in [0.15, 0.2) is 0 Å². The maximum atomic E-state index is 11.2. The van der Waals surface area contributed by atoms with Gasteiger partial charge in [-0.3, -0.25) is 9.69 Å². The Morgan fingerprint density at radius 3 is 3.10 bits per heavy atom. The van der Waals surface area contributed by atoms with E-state index in [9.17, 15) is 9.90 Å². The van der Waals surface area contributed by atoms with Gasteiger partial charge in [0.2, 0.25) is 5.91 Å². The summed E-state index contributed by atoms with van der Waals surface area (Å²) in [5.74, 6) is 0.856. The van der Waals surface area contributed by atoms with Crippen LogP contribution in [0.15, 0.2) is 24.3 Å². The van der Waals surface area contributed by atoms with Crippen molar-refractivity contribution in [1.82, 2.24) is 10.2 Å². The fraction of sp³-hybridized carbons (Fsp3) is 0.533. The van der Waals surface area contributed by atoms with Crippen LogP contribution in [0.3, 0.4) is 0 Å². The number of benzene rings is 1. The van der Waals surface area contributed by atoms with Crippen LogP contribution in [0.1, 0.15) is 12.0 Å².